The van der Waals surface area contributed by atoms with Crippen molar-refractivity contribution in [1.82, 2.24) is 0 Å². The Labute approximate surface area is 178 Å². The molecule has 0 bridgehead atoms. The summed E-state index contributed by atoms with van der Waals surface area (Å²) in [6.07, 6.45) is 1.72. The fourth-order valence-electron chi connectivity index (χ4n) is 2.84. The van der Waals surface area contributed by atoms with Crippen molar-refractivity contribution in [2.45, 2.75) is 19.3 Å². The van der Waals surface area contributed by atoms with Crippen molar-refractivity contribution >= 4 is 11.9 Å². The van der Waals surface area contributed by atoms with Crippen molar-refractivity contribution in [1.29, 1.82) is 0 Å². The van der Waals surface area contributed by atoms with Gasteiger partial charge in [-0.05, 0) is 23.8 Å². The Balaban J connectivity index is 0.00000225. The van der Waals surface area contributed by atoms with E-state index in [1.54, 1.807) is 6.21 Å². The number of aliphatic imine (C=N–C) groups is 1. The van der Waals surface area contributed by atoms with Crippen molar-refractivity contribution in [2.75, 3.05) is 0 Å². The van der Waals surface area contributed by atoms with Crippen LogP contribution in [0.1, 0.15) is 30.5 Å². The fraction of sp³-hybridized carbons (Fsp3) is 0.125. The molecule has 3 rings (SSSR count). The number of rotatable bonds is 4. The molecular formula is C24H27NOTi. The van der Waals surface area contributed by atoms with Gasteiger partial charge in [-0.25, -0.2) is 0 Å². The summed E-state index contributed by atoms with van der Waals surface area (Å²) in [5, 5.41) is 10.8. The number of hydrogen-bond donors (Lipinski definition) is 1. The molecule has 0 spiro atoms. The number of phenolic OH excluding ortho intramolecular Hbond substituents is 1. The average molecular weight is 393 g/mol. The van der Waals surface area contributed by atoms with Gasteiger partial charge < -0.3 is 20.0 Å². The molecule has 0 atom stereocenters. The Morgan fingerprint density at radius 2 is 1.33 bits per heavy atom. The first-order chi connectivity index (χ1) is 11.6. The van der Waals surface area contributed by atoms with E-state index in [4.69, 9.17) is 0 Å². The molecule has 0 radical (unpaired) electrons. The number of aromatic hydroxyl groups is 1. The van der Waals surface area contributed by atoms with Gasteiger partial charge in [-0.2, -0.15) is 0 Å². The molecule has 3 heteroatoms. The summed E-state index contributed by atoms with van der Waals surface area (Å²) in [6.45, 7) is 4.24. The van der Waals surface area contributed by atoms with Gasteiger partial charge in [0.25, 0.3) is 0 Å². The molecular weight excluding hydrogens is 366 g/mol. The molecule has 0 unspecified atom stereocenters. The van der Waals surface area contributed by atoms with Gasteiger partial charge in [0, 0.05) is 22.8 Å². The maximum Gasteiger partial charge on any atom is 2.00 e. The van der Waals surface area contributed by atoms with Crippen LogP contribution in [0.4, 0.5) is 5.69 Å². The third-order valence-corrected chi connectivity index (χ3v) is 4.34. The normalized spacial score (nSPS) is 10.4. The van der Waals surface area contributed by atoms with Gasteiger partial charge in [-0.3, -0.25) is 4.99 Å². The second-order valence-corrected chi connectivity index (χ2v) is 6.33. The van der Waals surface area contributed by atoms with E-state index in [0.717, 1.165) is 22.4 Å². The second kappa shape index (κ2) is 10.9. The van der Waals surface area contributed by atoms with Gasteiger partial charge in [0.05, 0.1) is 5.69 Å². The molecule has 0 heterocycles. The SMILES string of the molecule is CC(C)(c1ccccc1)c1cccc(C=Nc2ccccc2)c1O.[CH3-].[CH3-].[Ti+2]. The number of hydrogen-bond acceptors (Lipinski definition) is 2. The zero-order chi connectivity index (χ0) is 17.0. The molecule has 0 aliphatic carbocycles. The summed E-state index contributed by atoms with van der Waals surface area (Å²) in [4.78, 5) is 4.45. The minimum atomic E-state index is -0.290. The molecule has 138 valence electrons. The average Bonchev–Trinajstić information content (AvgIpc) is 2.62. The number of phenols is 1. The van der Waals surface area contributed by atoms with E-state index in [9.17, 15) is 5.11 Å². The van der Waals surface area contributed by atoms with Gasteiger partial charge in [-0.1, -0.05) is 74.5 Å². The first kappa shape index (κ1) is 24.8. The van der Waals surface area contributed by atoms with Crippen molar-refractivity contribution in [3.05, 3.63) is 110 Å². The molecule has 1 N–H and O–H groups in total. The van der Waals surface area contributed by atoms with Crippen molar-refractivity contribution < 1.29 is 26.8 Å². The van der Waals surface area contributed by atoms with Crippen molar-refractivity contribution in [2.24, 2.45) is 4.99 Å². The molecule has 0 aromatic heterocycles. The third kappa shape index (κ3) is 5.66. The van der Waals surface area contributed by atoms with Crippen LogP contribution in [0, 0.1) is 14.9 Å². The zero-order valence-electron chi connectivity index (χ0n) is 16.5. The Kier molecular flexibility index (Phi) is 10.00. The van der Waals surface area contributed by atoms with Gasteiger partial charge in [0.1, 0.15) is 5.75 Å². The summed E-state index contributed by atoms with van der Waals surface area (Å²) < 4.78 is 0. The standard InChI is InChI=1S/C22H21NO.2CH3.Ti/c1-22(2,18-11-5-3-6-12-18)20-15-9-10-17(21(20)24)16-23-19-13-7-4-8-14-19;;;/h3-16,24H,1-2H3;2*1H3;/q;2*-1;+2. The second-order valence-electron chi connectivity index (χ2n) is 6.33. The molecule has 0 saturated heterocycles. The summed E-state index contributed by atoms with van der Waals surface area (Å²) in [6, 6.07) is 25.8. The quantitative estimate of drug-likeness (QED) is 0.312. The van der Waals surface area contributed by atoms with Gasteiger partial charge in [-0.15, -0.1) is 0 Å². The van der Waals surface area contributed by atoms with Gasteiger partial charge >= 0.3 is 21.7 Å². The van der Waals surface area contributed by atoms with Crippen LogP contribution in [-0.4, -0.2) is 11.3 Å². The van der Waals surface area contributed by atoms with E-state index in [0.29, 0.717) is 0 Å². The maximum absolute atomic E-state index is 10.8. The molecule has 0 aliphatic heterocycles. The Hall–Kier alpha value is -2.16. The van der Waals surface area contributed by atoms with Crippen LogP contribution in [0.5, 0.6) is 5.75 Å². The summed E-state index contributed by atoms with van der Waals surface area (Å²) in [5.41, 5.74) is 3.36. The van der Waals surface area contributed by atoms with E-state index in [2.05, 4.69) is 31.0 Å². The van der Waals surface area contributed by atoms with E-state index >= 15 is 0 Å². The number of para-hydroxylation sites is 2. The van der Waals surface area contributed by atoms with E-state index in [-0.39, 0.29) is 47.7 Å². The van der Waals surface area contributed by atoms with Crippen molar-refractivity contribution in [3.63, 3.8) is 0 Å². The predicted molar refractivity (Wildman–Crippen MR) is 113 cm³/mol. The monoisotopic (exact) mass is 393 g/mol. The van der Waals surface area contributed by atoms with E-state index in [1.807, 2.05) is 66.7 Å². The molecule has 0 fully saturated rings. The topological polar surface area (TPSA) is 32.6 Å². The van der Waals surface area contributed by atoms with Crippen LogP contribution in [0.3, 0.4) is 0 Å². The van der Waals surface area contributed by atoms with Crippen LogP contribution in [0.2, 0.25) is 0 Å². The van der Waals surface area contributed by atoms with Gasteiger partial charge in [0.15, 0.2) is 0 Å². The zero-order valence-corrected chi connectivity index (χ0v) is 18.0. The van der Waals surface area contributed by atoms with E-state index < -0.39 is 0 Å². The van der Waals surface area contributed by atoms with E-state index in [1.165, 1.54) is 0 Å². The van der Waals surface area contributed by atoms with Crippen LogP contribution in [0.25, 0.3) is 0 Å². The van der Waals surface area contributed by atoms with Crippen LogP contribution < -0.4 is 0 Å². The number of benzene rings is 3. The fourth-order valence-corrected chi connectivity index (χ4v) is 2.84. The summed E-state index contributed by atoms with van der Waals surface area (Å²) >= 11 is 0. The molecule has 3 aromatic rings. The van der Waals surface area contributed by atoms with Crippen LogP contribution in [-0.2, 0) is 27.1 Å². The molecule has 27 heavy (non-hydrogen) atoms. The minimum absolute atomic E-state index is 0. The summed E-state index contributed by atoms with van der Waals surface area (Å²) in [5.74, 6) is 0.283. The largest absolute Gasteiger partial charge is 2.00 e. The van der Waals surface area contributed by atoms with Gasteiger partial charge in [0.2, 0.25) is 0 Å². The van der Waals surface area contributed by atoms with Crippen molar-refractivity contribution in [3.8, 4) is 5.75 Å². The Morgan fingerprint density at radius 1 is 0.778 bits per heavy atom. The van der Waals surface area contributed by atoms with Crippen LogP contribution >= 0.6 is 0 Å². The maximum atomic E-state index is 10.8. The third-order valence-electron chi connectivity index (χ3n) is 4.34. The minimum Gasteiger partial charge on any atom is -0.507 e. The molecule has 0 aliphatic rings. The predicted octanol–water partition coefficient (Wildman–Crippen LogP) is 6.37. The molecule has 3 aromatic carbocycles. The van der Waals surface area contributed by atoms with Crippen LogP contribution in [0.15, 0.2) is 83.9 Å². The molecule has 0 saturated carbocycles. The first-order valence-electron chi connectivity index (χ1n) is 8.06. The first-order valence-corrected chi connectivity index (χ1v) is 8.06. The summed E-state index contributed by atoms with van der Waals surface area (Å²) in [7, 11) is 0. The Morgan fingerprint density at radius 3 is 1.93 bits per heavy atom. The smallest absolute Gasteiger partial charge is 0.507 e. The molecule has 2 nitrogen and oxygen atoms in total. The Bertz CT molecular complexity index is 843. The number of nitrogens with zero attached hydrogens (tertiary/aromatic N) is 1. The molecule has 0 amide bonds.